The number of nitrogens with zero attached hydrogens (tertiary/aromatic N) is 1. The van der Waals surface area contributed by atoms with Crippen LogP contribution in [-0.2, 0) is 4.74 Å². The van der Waals surface area contributed by atoms with Crippen molar-refractivity contribution in [1.29, 1.82) is 0 Å². The topological polar surface area (TPSA) is 38.5 Å². The average molecular weight is 242 g/mol. The number of hydrogen-bond donors (Lipinski definition) is 1. The Hall–Kier alpha value is -0.120. The lowest BCUT2D eigenvalue weighted by molar-refractivity contribution is 0.0980. The van der Waals surface area contributed by atoms with Crippen molar-refractivity contribution in [2.75, 3.05) is 26.8 Å². The Kier molecular flexibility index (Phi) is 5.42. The molecule has 1 aliphatic carbocycles. The van der Waals surface area contributed by atoms with Crippen molar-refractivity contribution in [3.63, 3.8) is 0 Å². The van der Waals surface area contributed by atoms with Crippen molar-refractivity contribution in [2.45, 2.75) is 52.6 Å². The molecule has 102 valence electrons. The maximum atomic E-state index is 6.30. The number of nitrogens with two attached hydrogens (primary N) is 1. The third kappa shape index (κ3) is 4.94. The van der Waals surface area contributed by atoms with Crippen molar-refractivity contribution >= 4 is 0 Å². The molecule has 17 heavy (non-hydrogen) atoms. The van der Waals surface area contributed by atoms with Gasteiger partial charge in [-0.1, -0.05) is 20.8 Å². The van der Waals surface area contributed by atoms with E-state index in [0.717, 1.165) is 25.6 Å². The summed E-state index contributed by atoms with van der Waals surface area (Å²) in [5.74, 6) is 0.888. The van der Waals surface area contributed by atoms with E-state index in [1.165, 1.54) is 12.8 Å². The highest BCUT2D eigenvalue weighted by Gasteiger charge is 2.33. The van der Waals surface area contributed by atoms with E-state index in [2.05, 4.69) is 32.6 Å². The van der Waals surface area contributed by atoms with E-state index in [-0.39, 0.29) is 11.5 Å². The van der Waals surface area contributed by atoms with Crippen LogP contribution in [0.2, 0.25) is 0 Å². The molecule has 2 atom stereocenters. The Labute approximate surface area is 107 Å². The summed E-state index contributed by atoms with van der Waals surface area (Å²) < 4.78 is 5.21. The third-order valence-electron chi connectivity index (χ3n) is 4.01. The van der Waals surface area contributed by atoms with Crippen LogP contribution in [0.3, 0.4) is 0 Å². The van der Waals surface area contributed by atoms with Crippen LogP contribution >= 0.6 is 0 Å². The Morgan fingerprint density at radius 2 is 1.94 bits per heavy atom. The van der Waals surface area contributed by atoms with Gasteiger partial charge in [0, 0.05) is 32.3 Å². The molecule has 2 unspecified atom stereocenters. The first-order valence-corrected chi connectivity index (χ1v) is 6.85. The Morgan fingerprint density at radius 3 is 2.35 bits per heavy atom. The van der Waals surface area contributed by atoms with Crippen molar-refractivity contribution in [3.05, 3.63) is 0 Å². The van der Waals surface area contributed by atoms with E-state index >= 15 is 0 Å². The van der Waals surface area contributed by atoms with Gasteiger partial charge in [-0.2, -0.15) is 0 Å². The molecule has 2 N–H and O–H groups in total. The van der Waals surface area contributed by atoms with E-state index in [9.17, 15) is 0 Å². The number of ether oxygens (including phenoxy) is 1. The van der Waals surface area contributed by atoms with Crippen molar-refractivity contribution in [2.24, 2.45) is 17.1 Å². The largest absolute Gasteiger partial charge is 0.383 e. The van der Waals surface area contributed by atoms with Gasteiger partial charge in [-0.3, -0.25) is 4.90 Å². The molecule has 1 rings (SSSR count). The van der Waals surface area contributed by atoms with Crippen LogP contribution in [0.4, 0.5) is 0 Å². The summed E-state index contributed by atoms with van der Waals surface area (Å²) in [7, 11) is 1.77. The predicted octanol–water partition coefficient (Wildman–Crippen LogP) is 2.11. The van der Waals surface area contributed by atoms with E-state index in [1.54, 1.807) is 7.11 Å². The van der Waals surface area contributed by atoms with Crippen molar-refractivity contribution < 1.29 is 4.74 Å². The Morgan fingerprint density at radius 1 is 1.35 bits per heavy atom. The van der Waals surface area contributed by atoms with Crippen LogP contribution in [0.25, 0.3) is 0 Å². The summed E-state index contributed by atoms with van der Waals surface area (Å²) in [6, 6.07) is 0.874. The minimum absolute atomic E-state index is 0.175. The molecule has 1 aliphatic rings. The molecule has 0 bridgehead atoms. The van der Waals surface area contributed by atoms with Crippen LogP contribution in [0, 0.1) is 11.3 Å². The van der Waals surface area contributed by atoms with E-state index in [0.29, 0.717) is 6.04 Å². The minimum atomic E-state index is 0.175. The fraction of sp³-hybridized carbons (Fsp3) is 1.00. The van der Waals surface area contributed by atoms with Crippen molar-refractivity contribution in [3.8, 4) is 0 Å². The third-order valence-corrected chi connectivity index (χ3v) is 4.01. The maximum absolute atomic E-state index is 6.30. The van der Waals surface area contributed by atoms with Gasteiger partial charge in [-0.05, 0) is 31.1 Å². The van der Waals surface area contributed by atoms with Gasteiger partial charge < -0.3 is 10.5 Å². The highest BCUT2D eigenvalue weighted by atomic mass is 16.5. The van der Waals surface area contributed by atoms with E-state index < -0.39 is 0 Å². The first-order chi connectivity index (χ1) is 7.86. The number of hydrogen-bond acceptors (Lipinski definition) is 3. The first kappa shape index (κ1) is 14.9. The molecule has 3 heteroatoms. The Balaban J connectivity index is 2.50. The van der Waals surface area contributed by atoms with Gasteiger partial charge in [0.1, 0.15) is 0 Å². The number of rotatable bonds is 7. The van der Waals surface area contributed by atoms with Crippen LogP contribution in [-0.4, -0.2) is 43.8 Å². The monoisotopic (exact) mass is 242 g/mol. The second-order valence-corrected chi connectivity index (χ2v) is 6.54. The van der Waals surface area contributed by atoms with Gasteiger partial charge >= 0.3 is 0 Å². The fourth-order valence-corrected chi connectivity index (χ4v) is 2.07. The van der Waals surface area contributed by atoms with Gasteiger partial charge in [0.25, 0.3) is 0 Å². The van der Waals surface area contributed by atoms with Gasteiger partial charge in [-0.15, -0.1) is 0 Å². The lowest BCUT2D eigenvalue weighted by Gasteiger charge is -2.36. The first-order valence-electron chi connectivity index (χ1n) is 6.85. The molecule has 0 aromatic rings. The highest BCUT2D eigenvalue weighted by Crippen LogP contribution is 2.35. The van der Waals surface area contributed by atoms with Gasteiger partial charge in [0.05, 0.1) is 6.61 Å². The molecule has 0 radical (unpaired) electrons. The van der Waals surface area contributed by atoms with Gasteiger partial charge in [0.2, 0.25) is 0 Å². The molecule has 0 aromatic heterocycles. The predicted molar refractivity (Wildman–Crippen MR) is 73.1 cm³/mol. The minimum Gasteiger partial charge on any atom is -0.383 e. The summed E-state index contributed by atoms with van der Waals surface area (Å²) in [6.07, 6.45) is 2.77. The van der Waals surface area contributed by atoms with Crippen LogP contribution in [0.15, 0.2) is 0 Å². The van der Waals surface area contributed by atoms with Gasteiger partial charge in [-0.25, -0.2) is 0 Å². The zero-order valence-electron chi connectivity index (χ0n) is 12.2. The van der Waals surface area contributed by atoms with E-state index in [4.69, 9.17) is 10.5 Å². The zero-order chi connectivity index (χ0) is 13.1. The van der Waals surface area contributed by atoms with Gasteiger partial charge in [0.15, 0.2) is 0 Å². The lowest BCUT2D eigenvalue weighted by atomic mass is 9.87. The molecular formula is C14H30N2O. The molecule has 0 aromatic carbocycles. The molecule has 0 spiro atoms. The normalized spacial score (nSPS) is 20.6. The molecule has 0 amide bonds. The summed E-state index contributed by atoms with van der Waals surface area (Å²) in [5.41, 5.74) is 6.47. The number of methoxy groups -OCH3 is 1. The summed E-state index contributed by atoms with van der Waals surface area (Å²) in [5, 5.41) is 0. The molecule has 0 heterocycles. The quantitative estimate of drug-likeness (QED) is 0.743. The molecule has 0 saturated heterocycles. The van der Waals surface area contributed by atoms with E-state index in [1.807, 2.05) is 0 Å². The molecule has 0 aliphatic heterocycles. The SMILES string of the molecule is COCCN(CC(N)C(C)(C)C)C(C)C1CC1. The Bertz CT molecular complexity index is 221. The summed E-state index contributed by atoms with van der Waals surface area (Å²) in [4.78, 5) is 2.51. The van der Waals surface area contributed by atoms with Crippen LogP contribution in [0.5, 0.6) is 0 Å². The second-order valence-electron chi connectivity index (χ2n) is 6.54. The molecule has 1 fully saturated rings. The fourth-order valence-electron chi connectivity index (χ4n) is 2.07. The van der Waals surface area contributed by atoms with Crippen LogP contribution in [0.1, 0.15) is 40.5 Å². The average Bonchev–Trinajstić information content (AvgIpc) is 3.05. The smallest absolute Gasteiger partial charge is 0.0589 e. The standard InChI is InChI=1S/C14H30N2O/c1-11(12-6-7-12)16(8-9-17-5)10-13(15)14(2,3)4/h11-13H,6-10,15H2,1-5H3. The zero-order valence-corrected chi connectivity index (χ0v) is 12.2. The van der Waals surface area contributed by atoms with Crippen LogP contribution < -0.4 is 5.73 Å². The molecule has 3 nitrogen and oxygen atoms in total. The lowest BCUT2D eigenvalue weighted by Crippen LogP contribution is -2.49. The second kappa shape index (κ2) is 6.17. The maximum Gasteiger partial charge on any atom is 0.0589 e. The molecular weight excluding hydrogens is 212 g/mol. The summed E-state index contributed by atoms with van der Waals surface area (Å²) >= 11 is 0. The summed E-state index contributed by atoms with van der Waals surface area (Å²) in [6.45, 7) is 11.8. The molecule has 1 saturated carbocycles. The highest BCUT2D eigenvalue weighted by molar-refractivity contribution is 4.88. The van der Waals surface area contributed by atoms with Crippen molar-refractivity contribution in [1.82, 2.24) is 4.90 Å².